The molecule has 0 radical (unpaired) electrons. The average Bonchev–Trinajstić information content (AvgIpc) is 3.03. The van der Waals surface area contributed by atoms with E-state index in [4.69, 9.17) is 0 Å². The van der Waals surface area contributed by atoms with E-state index in [1.165, 1.54) is 22.2 Å². The SMILES string of the molecule is Cc1[nH]c2ccccc2c1CCN1CCN(NC(=O)c2ccccc2)CC1. The fourth-order valence-electron chi connectivity index (χ4n) is 3.81. The van der Waals surface area contributed by atoms with Gasteiger partial charge in [0.15, 0.2) is 0 Å². The zero-order valence-electron chi connectivity index (χ0n) is 15.7. The molecular formula is C22H26N4O. The van der Waals surface area contributed by atoms with Gasteiger partial charge in [-0.2, -0.15) is 0 Å². The third-order valence-electron chi connectivity index (χ3n) is 5.37. The molecule has 0 spiro atoms. The molecule has 2 heterocycles. The summed E-state index contributed by atoms with van der Waals surface area (Å²) in [4.78, 5) is 18.2. The fourth-order valence-corrected chi connectivity index (χ4v) is 3.81. The van der Waals surface area contributed by atoms with Gasteiger partial charge in [0.2, 0.25) is 0 Å². The van der Waals surface area contributed by atoms with E-state index in [9.17, 15) is 4.79 Å². The second-order valence-electron chi connectivity index (χ2n) is 7.16. The van der Waals surface area contributed by atoms with Gasteiger partial charge in [-0.1, -0.05) is 36.4 Å². The Bertz CT molecular complexity index is 910. The normalized spacial score (nSPS) is 15.9. The third kappa shape index (κ3) is 4.04. The number of rotatable bonds is 5. The maximum Gasteiger partial charge on any atom is 0.265 e. The molecule has 0 bridgehead atoms. The minimum atomic E-state index is -0.0292. The van der Waals surface area contributed by atoms with Crippen LogP contribution in [0.4, 0.5) is 0 Å². The van der Waals surface area contributed by atoms with Crippen molar-refractivity contribution < 1.29 is 4.79 Å². The van der Waals surface area contributed by atoms with Crippen molar-refractivity contribution in [2.45, 2.75) is 13.3 Å². The van der Waals surface area contributed by atoms with Crippen molar-refractivity contribution in [3.8, 4) is 0 Å². The largest absolute Gasteiger partial charge is 0.358 e. The van der Waals surface area contributed by atoms with E-state index in [1.54, 1.807) is 0 Å². The number of hydrazine groups is 1. The van der Waals surface area contributed by atoms with Crippen molar-refractivity contribution in [3.63, 3.8) is 0 Å². The van der Waals surface area contributed by atoms with Crippen molar-refractivity contribution in [2.24, 2.45) is 0 Å². The van der Waals surface area contributed by atoms with Crippen LogP contribution in [-0.2, 0) is 6.42 Å². The lowest BCUT2D eigenvalue weighted by molar-refractivity contribution is 0.0622. The lowest BCUT2D eigenvalue weighted by Crippen LogP contribution is -2.53. The Balaban J connectivity index is 1.28. The van der Waals surface area contributed by atoms with Gasteiger partial charge < -0.3 is 9.88 Å². The monoisotopic (exact) mass is 362 g/mol. The second kappa shape index (κ2) is 7.94. The first-order chi connectivity index (χ1) is 13.2. The highest BCUT2D eigenvalue weighted by molar-refractivity contribution is 5.93. The number of amides is 1. The van der Waals surface area contributed by atoms with Crippen molar-refractivity contribution >= 4 is 16.8 Å². The van der Waals surface area contributed by atoms with Gasteiger partial charge in [0.1, 0.15) is 0 Å². The van der Waals surface area contributed by atoms with E-state index < -0.39 is 0 Å². The molecule has 5 heteroatoms. The predicted octanol–water partition coefficient (Wildman–Crippen LogP) is 2.98. The van der Waals surface area contributed by atoms with Crippen LogP contribution in [-0.4, -0.2) is 53.5 Å². The van der Waals surface area contributed by atoms with Gasteiger partial charge in [-0.3, -0.25) is 10.2 Å². The highest BCUT2D eigenvalue weighted by Crippen LogP contribution is 2.22. The molecule has 3 aromatic rings. The minimum absolute atomic E-state index is 0.0292. The lowest BCUT2D eigenvalue weighted by atomic mass is 10.1. The van der Waals surface area contributed by atoms with Gasteiger partial charge in [0.25, 0.3) is 5.91 Å². The number of H-pyrrole nitrogens is 1. The van der Waals surface area contributed by atoms with Crippen LogP contribution < -0.4 is 5.43 Å². The number of aryl methyl sites for hydroxylation is 1. The number of benzene rings is 2. The van der Waals surface area contributed by atoms with Crippen LogP contribution in [0, 0.1) is 6.92 Å². The summed E-state index contributed by atoms with van der Waals surface area (Å²) >= 11 is 0. The summed E-state index contributed by atoms with van der Waals surface area (Å²) in [5.41, 5.74) is 7.64. The van der Waals surface area contributed by atoms with E-state index in [2.05, 4.69) is 46.5 Å². The number of nitrogens with zero attached hydrogens (tertiary/aromatic N) is 2. The molecule has 140 valence electrons. The average molecular weight is 362 g/mol. The molecule has 0 unspecified atom stereocenters. The Hall–Kier alpha value is -2.63. The summed E-state index contributed by atoms with van der Waals surface area (Å²) in [5.74, 6) is -0.0292. The number of hydrogen-bond donors (Lipinski definition) is 2. The number of fused-ring (bicyclic) bond motifs is 1. The Morgan fingerprint density at radius 1 is 1.00 bits per heavy atom. The Kier molecular flexibility index (Phi) is 5.23. The van der Waals surface area contributed by atoms with Crippen molar-refractivity contribution in [3.05, 3.63) is 71.4 Å². The van der Waals surface area contributed by atoms with Gasteiger partial charge in [0, 0.05) is 54.9 Å². The summed E-state index contributed by atoms with van der Waals surface area (Å²) in [5, 5.41) is 3.37. The zero-order valence-corrected chi connectivity index (χ0v) is 15.7. The van der Waals surface area contributed by atoms with E-state index in [1.807, 2.05) is 35.3 Å². The number of hydrogen-bond acceptors (Lipinski definition) is 3. The molecule has 1 amide bonds. The molecule has 0 saturated carbocycles. The highest BCUT2D eigenvalue weighted by atomic mass is 16.2. The number of piperazine rings is 1. The Morgan fingerprint density at radius 3 is 2.48 bits per heavy atom. The van der Waals surface area contributed by atoms with E-state index in [0.717, 1.165) is 39.1 Å². The first-order valence-corrected chi connectivity index (χ1v) is 9.60. The predicted molar refractivity (Wildman–Crippen MR) is 109 cm³/mol. The first-order valence-electron chi connectivity index (χ1n) is 9.60. The summed E-state index contributed by atoms with van der Waals surface area (Å²) in [6.45, 7) is 6.85. The number of aromatic nitrogens is 1. The molecule has 27 heavy (non-hydrogen) atoms. The van der Waals surface area contributed by atoms with Crippen LogP contribution >= 0.6 is 0 Å². The van der Waals surface area contributed by atoms with Gasteiger partial charge in [0.05, 0.1) is 0 Å². The van der Waals surface area contributed by atoms with Crippen LogP contribution in [0.3, 0.4) is 0 Å². The second-order valence-corrected chi connectivity index (χ2v) is 7.16. The molecular weight excluding hydrogens is 336 g/mol. The molecule has 1 fully saturated rings. The maximum absolute atomic E-state index is 12.3. The molecule has 0 atom stereocenters. The maximum atomic E-state index is 12.3. The van der Waals surface area contributed by atoms with Crippen LogP contribution in [0.5, 0.6) is 0 Å². The minimum Gasteiger partial charge on any atom is -0.358 e. The quantitative estimate of drug-likeness (QED) is 0.734. The van der Waals surface area contributed by atoms with E-state index in [-0.39, 0.29) is 5.91 Å². The number of carbonyl (C=O) groups is 1. The molecule has 1 aliphatic rings. The van der Waals surface area contributed by atoms with Crippen molar-refractivity contribution in [2.75, 3.05) is 32.7 Å². The number of nitrogens with one attached hydrogen (secondary N) is 2. The van der Waals surface area contributed by atoms with E-state index >= 15 is 0 Å². The molecule has 1 aliphatic heterocycles. The summed E-state index contributed by atoms with van der Waals surface area (Å²) in [7, 11) is 0. The Morgan fingerprint density at radius 2 is 1.70 bits per heavy atom. The van der Waals surface area contributed by atoms with Crippen LogP contribution in [0.1, 0.15) is 21.6 Å². The number of carbonyl (C=O) groups excluding carboxylic acids is 1. The van der Waals surface area contributed by atoms with Crippen molar-refractivity contribution in [1.29, 1.82) is 0 Å². The molecule has 5 nitrogen and oxygen atoms in total. The Labute approximate surface area is 159 Å². The van der Waals surface area contributed by atoms with Gasteiger partial charge in [-0.05, 0) is 37.1 Å². The van der Waals surface area contributed by atoms with Gasteiger partial charge in [-0.15, -0.1) is 0 Å². The number of para-hydroxylation sites is 1. The van der Waals surface area contributed by atoms with Gasteiger partial charge in [-0.25, -0.2) is 5.01 Å². The standard InChI is InChI=1S/C22H26N4O/c1-17-19(20-9-5-6-10-21(20)23-17)11-12-25-13-15-26(16-14-25)24-22(27)18-7-3-2-4-8-18/h2-10,23H,11-16H2,1H3,(H,24,27). The first kappa shape index (κ1) is 17.8. The summed E-state index contributed by atoms with van der Waals surface area (Å²) in [6.07, 6.45) is 1.05. The lowest BCUT2D eigenvalue weighted by Gasteiger charge is -2.34. The topological polar surface area (TPSA) is 51.4 Å². The molecule has 1 saturated heterocycles. The third-order valence-corrected chi connectivity index (χ3v) is 5.37. The van der Waals surface area contributed by atoms with E-state index in [0.29, 0.717) is 5.56 Å². The van der Waals surface area contributed by atoms with Gasteiger partial charge >= 0.3 is 0 Å². The van der Waals surface area contributed by atoms with Crippen LogP contribution in [0.25, 0.3) is 10.9 Å². The summed E-state index contributed by atoms with van der Waals surface area (Å²) in [6, 6.07) is 17.9. The molecule has 4 rings (SSSR count). The molecule has 0 aliphatic carbocycles. The van der Waals surface area contributed by atoms with Crippen LogP contribution in [0.2, 0.25) is 0 Å². The summed E-state index contributed by atoms with van der Waals surface area (Å²) < 4.78 is 0. The number of aromatic amines is 1. The van der Waals surface area contributed by atoms with Crippen LogP contribution in [0.15, 0.2) is 54.6 Å². The molecule has 2 aromatic carbocycles. The molecule has 2 N–H and O–H groups in total. The highest BCUT2D eigenvalue weighted by Gasteiger charge is 2.19. The molecule has 1 aromatic heterocycles. The fraction of sp³-hybridized carbons (Fsp3) is 0.318. The zero-order chi connectivity index (χ0) is 18.6. The van der Waals surface area contributed by atoms with Crippen molar-refractivity contribution in [1.82, 2.24) is 20.3 Å². The smallest absolute Gasteiger partial charge is 0.265 e.